The van der Waals surface area contributed by atoms with Crippen molar-refractivity contribution in [1.82, 2.24) is 0 Å². The zero-order valence-corrected chi connectivity index (χ0v) is 5.27. The Morgan fingerprint density at radius 3 is 0.800 bits per heavy atom. The molecule has 0 unspecified atom stereocenters. The Morgan fingerprint density at radius 1 is 0.800 bits per heavy atom. The summed E-state index contributed by atoms with van der Waals surface area (Å²) in [5.41, 5.74) is 0. The molecule has 0 amide bonds. The number of hydrogen-bond donors (Lipinski definition) is 0. The van der Waals surface area contributed by atoms with Crippen LogP contribution in [0.25, 0.3) is 0 Å². The summed E-state index contributed by atoms with van der Waals surface area (Å²) >= 11 is 0. The normalized spacial score (nSPS) is 2.40. The van der Waals surface area contributed by atoms with E-state index in [0.29, 0.717) is 0 Å². The van der Waals surface area contributed by atoms with Crippen molar-refractivity contribution in [3.05, 3.63) is 20.2 Å². The number of rotatable bonds is 0. The number of hydrogen-bond acceptors (Lipinski definition) is 6. The van der Waals surface area contributed by atoms with E-state index in [0.717, 1.165) is 10.7 Å². The molecule has 0 atom stereocenters. The summed E-state index contributed by atoms with van der Waals surface area (Å²) < 4.78 is 0. The molecule has 0 fully saturated rings. The summed E-state index contributed by atoms with van der Waals surface area (Å²) in [5, 5.41) is 18.0. The van der Waals surface area contributed by atoms with Crippen LogP contribution in [0.5, 0.6) is 0 Å². The zero-order chi connectivity index (χ0) is 5.41. The maximum atomic E-state index is 8.00. The molecule has 0 rings (SSSR count). The van der Waals surface area contributed by atoms with E-state index in [9.17, 15) is 0 Å². The second-order valence-electron chi connectivity index (χ2n) is 0.149. The average molecular weight is 210 g/mol. The van der Waals surface area contributed by atoms with Gasteiger partial charge in [0, 0.05) is 0 Å². The predicted octanol–water partition coefficient (Wildman–Crippen LogP) is -1.98. The molecule has 6 N–H and O–H groups in total. The van der Waals surface area contributed by atoms with Gasteiger partial charge in [-0.3, -0.25) is 0 Å². The van der Waals surface area contributed by atoms with E-state index in [-0.39, 0.29) is 33.5 Å². The predicted molar refractivity (Wildman–Crippen MR) is 29.2 cm³/mol. The molecule has 0 aliphatic rings. The van der Waals surface area contributed by atoms with Crippen LogP contribution in [0, 0.1) is 20.2 Å². The molecule has 0 saturated carbocycles. The fourth-order valence-corrected chi connectivity index (χ4v) is 0. The summed E-state index contributed by atoms with van der Waals surface area (Å²) in [5.74, 6) is 0. The molecule has 0 aromatic carbocycles. The van der Waals surface area contributed by atoms with Crippen molar-refractivity contribution in [2.24, 2.45) is 10.7 Å². The quantitative estimate of drug-likeness (QED) is 0.253. The fraction of sp³-hybridized carbons (Fsp3) is 0. The van der Waals surface area contributed by atoms with Gasteiger partial charge in [-0.2, -0.15) is 0 Å². The Kier molecular flexibility index (Phi) is 1780. The van der Waals surface area contributed by atoms with E-state index in [2.05, 4.69) is 0 Å². The third-order valence-electron chi connectivity index (χ3n) is 0. The summed E-state index contributed by atoms with van der Waals surface area (Å²) in [6, 6.07) is 0. The summed E-state index contributed by atoms with van der Waals surface area (Å²) in [6.07, 6.45) is 0. The Hall–Kier alpha value is -0.801. The van der Waals surface area contributed by atoms with Crippen LogP contribution in [-0.4, -0.2) is 16.4 Å². The molecule has 10 heteroatoms. The molecule has 0 spiro atoms. The third-order valence-corrected chi connectivity index (χ3v) is 0. The zero-order valence-electron chi connectivity index (χ0n) is 4.33. The van der Waals surface area contributed by atoms with Crippen LogP contribution < -0.4 is 0 Å². The minimum Gasteiger partial charge on any atom is -0.444 e. The van der Waals surface area contributed by atoms with Gasteiger partial charge in [0.05, 0.1) is 0 Å². The van der Waals surface area contributed by atoms with Gasteiger partial charge in [0.2, 0.25) is 0 Å². The fourth-order valence-electron chi connectivity index (χ4n) is 0. The minimum atomic E-state index is 0. The molecule has 1 radical (unpaired) electrons. The first-order valence-corrected chi connectivity index (χ1v) is 0.730. The van der Waals surface area contributed by atoms with E-state index in [1.54, 1.807) is 0 Å². The molecule has 9 nitrogen and oxygen atoms in total. The molecule has 0 aliphatic carbocycles. The first-order chi connectivity index (χ1) is 2.83. The van der Waals surface area contributed by atoms with Crippen LogP contribution in [0.15, 0.2) is 10.7 Å². The van der Waals surface area contributed by atoms with Crippen molar-refractivity contribution < 1.29 is 33.5 Å². The molecular weight excluding hydrogens is 204 g/mol. The maximum absolute atomic E-state index is 8.00. The van der Waals surface area contributed by atoms with Crippen LogP contribution in [0.3, 0.4) is 0 Å². The molecule has 0 aromatic rings. The van der Waals surface area contributed by atoms with E-state index >= 15 is 0 Å². The van der Waals surface area contributed by atoms with Gasteiger partial charge >= 0.3 is 17.1 Å². The van der Waals surface area contributed by atoms with Crippen molar-refractivity contribution in [2.45, 2.75) is 0 Å². The second-order valence-corrected chi connectivity index (χ2v) is 0.149. The Balaban J connectivity index is -0.00000000571. The average Bonchev–Trinajstić information content (AvgIpc) is 1.39. The first-order valence-electron chi connectivity index (χ1n) is 0.730. The summed E-state index contributed by atoms with van der Waals surface area (Å²) in [4.78, 5) is 16.0. The van der Waals surface area contributed by atoms with Gasteiger partial charge in [0.1, 0.15) is 0 Å². The van der Waals surface area contributed by atoms with Crippen LogP contribution in [0.2, 0.25) is 0 Å². The van der Waals surface area contributed by atoms with E-state index in [4.69, 9.17) is 20.2 Å². The van der Waals surface area contributed by atoms with Crippen molar-refractivity contribution >= 4 is 0 Å². The smallest absolute Gasteiger partial charge is 0.444 e. The van der Waals surface area contributed by atoms with E-state index < -0.39 is 0 Å². The standard InChI is InChI=1S/Cu.2HNO2.3H2O/c;2*2-1-3;;;/h;2*(H,2,3);3*1H2/q+2;;;;;/p-2. The van der Waals surface area contributed by atoms with Crippen LogP contribution in [0.4, 0.5) is 0 Å². The minimum absolute atomic E-state index is 0. The van der Waals surface area contributed by atoms with E-state index in [1.165, 1.54) is 0 Å². The van der Waals surface area contributed by atoms with E-state index in [1.807, 2.05) is 0 Å². The summed E-state index contributed by atoms with van der Waals surface area (Å²) in [6.45, 7) is 0. The van der Waals surface area contributed by atoms with Gasteiger partial charge in [-0.05, 0) is 0 Å². The molecule has 0 aliphatic heterocycles. The first kappa shape index (κ1) is 60.4. The summed E-state index contributed by atoms with van der Waals surface area (Å²) in [7, 11) is 0. The van der Waals surface area contributed by atoms with Gasteiger partial charge in [0.25, 0.3) is 0 Å². The maximum Gasteiger partial charge on any atom is 2.00 e. The van der Waals surface area contributed by atoms with Crippen LogP contribution in [-0.2, 0) is 17.1 Å². The molecular formula is H6CuN2O7. The third kappa shape index (κ3) is 432. The van der Waals surface area contributed by atoms with Crippen molar-refractivity contribution in [3.8, 4) is 0 Å². The SMILES string of the molecule is O.O.O.O=N[O-].O=N[O-].[Cu+2]. The van der Waals surface area contributed by atoms with Gasteiger partial charge in [-0.25, -0.2) is 0 Å². The van der Waals surface area contributed by atoms with Crippen molar-refractivity contribution in [2.75, 3.05) is 0 Å². The van der Waals surface area contributed by atoms with Crippen LogP contribution in [0.1, 0.15) is 0 Å². The molecule has 0 saturated heterocycles. The van der Waals surface area contributed by atoms with Gasteiger partial charge < -0.3 is 36.7 Å². The van der Waals surface area contributed by atoms with Gasteiger partial charge in [0.15, 0.2) is 0 Å². The molecule has 0 bridgehead atoms. The molecule has 69 valence electrons. The molecule has 0 aromatic heterocycles. The largest absolute Gasteiger partial charge is 2.00 e. The van der Waals surface area contributed by atoms with Gasteiger partial charge in [-0.1, -0.05) is 0 Å². The van der Waals surface area contributed by atoms with Crippen LogP contribution >= 0.6 is 0 Å². The van der Waals surface area contributed by atoms with Gasteiger partial charge in [-0.15, -0.1) is 10.7 Å². The monoisotopic (exact) mass is 209 g/mol. The Labute approximate surface area is 65.3 Å². The molecule has 10 heavy (non-hydrogen) atoms. The van der Waals surface area contributed by atoms with Crippen molar-refractivity contribution in [1.29, 1.82) is 0 Å². The Bertz CT molecular complexity index is 32.6. The Morgan fingerprint density at radius 2 is 0.800 bits per heavy atom. The topological polar surface area (TPSA) is 199 Å². The molecule has 0 heterocycles. The number of nitrogens with zero attached hydrogens (tertiary/aromatic N) is 2. The second kappa shape index (κ2) is 295. The van der Waals surface area contributed by atoms with Crippen molar-refractivity contribution in [3.63, 3.8) is 0 Å².